The number of anilines is 1. The number of aromatic nitrogens is 1. The van der Waals surface area contributed by atoms with Crippen LogP contribution in [0.15, 0.2) is 82.2 Å². The van der Waals surface area contributed by atoms with Gasteiger partial charge in [-0.15, -0.1) is 22.7 Å². The van der Waals surface area contributed by atoms with Gasteiger partial charge in [-0.1, -0.05) is 24.3 Å². The number of para-hydroxylation sites is 1. The first kappa shape index (κ1) is 27.0. The summed E-state index contributed by atoms with van der Waals surface area (Å²) >= 11 is 4.77. The van der Waals surface area contributed by atoms with Crippen LogP contribution < -0.4 is 28.7 Å². The normalized spacial score (nSPS) is 17.6. The minimum absolute atomic E-state index is 0.268. The van der Waals surface area contributed by atoms with E-state index in [1.165, 1.54) is 11.3 Å². The standard InChI is InChI=1S/C28H34N6OS3/c1-36-15-19(24(30)23(29)17-14-34-20-7-3-2-6-16(17)20)28(18-10-13-38-27(18)33,25(31)21-8-4-11-35-21)26(32)22-9-5-12-37-22/h2-14,19,23-26,34H,15,29-33H2,1H3. The summed E-state index contributed by atoms with van der Waals surface area (Å²) < 4.78 is 5.91. The number of aromatic amines is 1. The summed E-state index contributed by atoms with van der Waals surface area (Å²) in [5.74, 6) is 1.02. The highest BCUT2D eigenvalue weighted by molar-refractivity contribution is 7.98. The molecule has 4 heterocycles. The lowest BCUT2D eigenvalue weighted by Crippen LogP contribution is -2.59. The molecule has 0 spiro atoms. The summed E-state index contributed by atoms with van der Waals surface area (Å²) in [7, 11) is 0. The maximum Gasteiger partial charge on any atom is 0.121 e. The van der Waals surface area contributed by atoms with Crippen molar-refractivity contribution in [1.82, 2.24) is 4.98 Å². The van der Waals surface area contributed by atoms with Crippen LogP contribution in [0.3, 0.4) is 0 Å². The van der Waals surface area contributed by atoms with Gasteiger partial charge < -0.3 is 38.1 Å². The SMILES string of the molecule is CSCC(C(N)C(N)c1c[nH]c2ccccc12)C(c1ccsc1N)(C(N)c1ccco1)C(N)c1cccs1. The van der Waals surface area contributed by atoms with Crippen LogP contribution in [0.25, 0.3) is 10.9 Å². The second kappa shape index (κ2) is 11.3. The maximum absolute atomic E-state index is 7.29. The molecule has 4 aromatic heterocycles. The number of thioether (sulfide) groups is 1. The van der Waals surface area contributed by atoms with Crippen molar-refractivity contribution in [3.63, 3.8) is 0 Å². The smallest absolute Gasteiger partial charge is 0.121 e. The lowest BCUT2D eigenvalue weighted by Gasteiger charge is -2.51. The zero-order valence-electron chi connectivity index (χ0n) is 21.1. The monoisotopic (exact) mass is 566 g/mol. The number of hydrogen-bond acceptors (Lipinski definition) is 9. The molecule has 0 saturated heterocycles. The molecular weight excluding hydrogens is 533 g/mol. The third-order valence-corrected chi connectivity index (χ3v) is 10.1. The van der Waals surface area contributed by atoms with Crippen molar-refractivity contribution in [2.45, 2.75) is 29.6 Å². The minimum atomic E-state index is -0.918. The topological polar surface area (TPSA) is 159 Å². The molecule has 0 amide bonds. The molecular formula is C28H34N6OS3. The second-order valence-corrected chi connectivity index (χ2v) is 12.4. The zero-order valence-corrected chi connectivity index (χ0v) is 23.6. The number of nitrogens with two attached hydrogens (primary N) is 5. The zero-order chi connectivity index (χ0) is 26.9. The van der Waals surface area contributed by atoms with Crippen LogP contribution in [-0.4, -0.2) is 23.0 Å². The summed E-state index contributed by atoms with van der Waals surface area (Å²) in [6.07, 6.45) is 5.65. The molecule has 7 nitrogen and oxygen atoms in total. The summed E-state index contributed by atoms with van der Waals surface area (Å²) in [5.41, 5.74) is 37.4. The van der Waals surface area contributed by atoms with E-state index in [0.717, 1.165) is 26.9 Å². The number of fused-ring (bicyclic) bond motifs is 1. The Morgan fingerprint density at radius 3 is 2.42 bits per heavy atom. The van der Waals surface area contributed by atoms with Gasteiger partial charge in [-0.25, -0.2) is 0 Å². The van der Waals surface area contributed by atoms with E-state index in [1.807, 2.05) is 65.5 Å². The van der Waals surface area contributed by atoms with Gasteiger partial charge in [-0.3, -0.25) is 0 Å². The van der Waals surface area contributed by atoms with Crippen molar-refractivity contribution < 1.29 is 4.42 Å². The Hall–Kier alpha value is -2.57. The van der Waals surface area contributed by atoms with E-state index in [2.05, 4.69) is 17.3 Å². The highest BCUT2D eigenvalue weighted by atomic mass is 32.2. The van der Waals surface area contributed by atoms with Gasteiger partial charge in [0.05, 0.1) is 23.3 Å². The van der Waals surface area contributed by atoms with Crippen LogP contribution in [0.1, 0.15) is 39.9 Å². The molecule has 0 aliphatic carbocycles. The molecule has 0 fully saturated rings. The van der Waals surface area contributed by atoms with Crippen molar-refractivity contribution in [2.24, 2.45) is 28.9 Å². The number of thiophene rings is 2. The van der Waals surface area contributed by atoms with E-state index in [9.17, 15) is 0 Å². The van der Waals surface area contributed by atoms with E-state index in [0.29, 0.717) is 16.5 Å². The van der Waals surface area contributed by atoms with Crippen LogP contribution in [-0.2, 0) is 5.41 Å². The fourth-order valence-corrected chi connectivity index (χ4v) is 8.24. The van der Waals surface area contributed by atoms with E-state index < -0.39 is 29.6 Å². The van der Waals surface area contributed by atoms with Gasteiger partial charge in [0, 0.05) is 39.5 Å². The summed E-state index contributed by atoms with van der Waals surface area (Å²) in [6.45, 7) is 0. The number of rotatable bonds is 11. The Morgan fingerprint density at radius 1 is 0.947 bits per heavy atom. The molecule has 1 aromatic carbocycles. The molecule has 200 valence electrons. The van der Waals surface area contributed by atoms with Crippen LogP contribution in [0.4, 0.5) is 5.00 Å². The summed E-state index contributed by atoms with van der Waals surface area (Å²) in [4.78, 5) is 4.34. The first-order chi connectivity index (χ1) is 18.4. The third kappa shape index (κ3) is 4.50. The van der Waals surface area contributed by atoms with E-state index in [-0.39, 0.29) is 5.92 Å². The predicted octanol–water partition coefficient (Wildman–Crippen LogP) is 5.11. The van der Waals surface area contributed by atoms with Gasteiger partial charge in [-0.2, -0.15) is 11.8 Å². The third-order valence-electron chi connectivity index (χ3n) is 7.71. The van der Waals surface area contributed by atoms with Crippen molar-refractivity contribution in [3.05, 3.63) is 99.6 Å². The lowest BCUT2D eigenvalue weighted by molar-refractivity contribution is 0.146. The minimum Gasteiger partial charge on any atom is -0.468 e. The number of nitrogen functional groups attached to an aromatic ring is 1. The molecule has 6 unspecified atom stereocenters. The number of benzene rings is 1. The Morgan fingerprint density at radius 2 is 1.76 bits per heavy atom. The van der Waals surface area contributed by atoms with Gasteiger partial charge >= 0.3 is 0 Å². The fourth-order valence-electron chi connectivity index (χ4n) is 5.85. The average Bonchev–Trinajstić information content (AvgIpc) is 3.75. The molecule has 11 N–H and O–H groups in total. The van der Waals surface area contributed by atoms with Gasteiger partial charge in [0.2, 0.25) is 0 Å². The highest BCUT2D eigenvalue weighted by Crippen LogP contribution is 2.55. The second-order valence-electron chi connectivity index (χ2n) is 9.57. The summed E-state index contributed by atoms with van der Waals surface area (Å²) in [6, 6.07) is 15.8. The Bertz CT molecular complexity index is 1400. The molecule has 0 bridgehead atoms. The quantitative estimate of drug-likeness (QED) is 0.130. The predicted molar refractivity (Wildman–Crippen MR) is 162 cm³/mol. The van der Waals surface area contributed by atoms with Gasteiger partial charge in [0.15, 0.2) is 0 Å². The van der Waals surface area contributed by atoms with Gasteiger partial charge in [0.25, 0.3) is 0 Å². The number of nitrogens with one attached hydrogen (secondary N) is 1. The number of furan rings is 1. The largest absolute Gasteiger partial charge is 0.468 e. The first-order valence-electron chi connectivity index (χ1n) is 12.4. The number of H-pyrrole nitrogens is 1. The van der Waals surface area contributed by atoms with Crippen LogP contribution in [0.5, 0.6) is 0 Å². The molecule has 0 radical (unpaired) electrons. The van der Waals surface area contributed by atoms with Crippen molar-refractivity contribution in [2.75, 3.05) is 17.7 Å². The van der Waals surface area contributed by atoms with Gasteiger partial charge in [-0.05, 0) is 70.1 Å². The molecule has 0 aliphatic rings. The molecule has 0 saturated carbocycles. The lowest BCUT2D eigenvalue weighted by atomic mass is 9.58. The first-order valence-corrected chi connectivity index (χ1v) is 15.5. The molecule has 10 heteroatoms. The Balaban J connectivity index is 1.73. The molecule has 0 aliphatic heterocycles. The van der Waals surface area contributed by atoms with Gasteiger partial charge in [0.1, 0.15) is 5.76 Å². The maximum atomic E-state index is 7.29. The van der Waals surface area contributed by atoms with Crippen LogP contribution in [0.2, 0.25) is 0 Å². The Kier molecular flexibility index (Phi) is 8.01. The van der Waals surface area contributed by atoms with Crippen molar-refractivity contribution >= 4 is 50.3 Å². The fraction of sp³-hybridized carbons (Fsp3) is 0.286. The molecule has 38 heavy (non-hydrogen) atoms. The van der Waals surface area contributed by atoms with Crippen LogP contribution >= 0.6 is 34.4 Å². The average molecular weight is 567 g/mol. The molecule has 5 aromatic rings. The summed E-state index contributed by atoms with van der Waals surface area (Å²) in [5, 5.41) is 5.72. The molecule has 6 atom stereocenters. The van der Waals surface area contributed by atoms with Crippen molar-refractivity contribution in [3.8, 4) is 0 Å². The Labute approximate surface area is 234 Å². The van der Waals surface area contributed by atoms with E-state index in [4.69, 9.17) is 33.1 Å². The molecule has 5 rings (SSSR count). The number of hydrogen-bond donors (Lipinski definition) is 6. The van der Waals surface area contributed by atoms with E-state index >= 15 is 0 Å². The van der Waals surface area contributed by atoms with E-state index in [1.54, 1.807) is 29.4 Å². The highest BCUT2D eigenvalue weighted by Gasteiger charge is 2.55. The van der Waals surface area contributed by atoms with Crippen LogP contribution in [0, 0.1) is 5.92 Å². The van der Waals surface area contributed by atoms with Crippen molar-refractivity contribution in [1.29, 1.82) is 0 Å².